The molecule has 3 atom stereocenters. The van der Waals surface area contributed by atoms with Crippen LogP contribution in [0.4, 0.5) is 0 Å². The van der Waals surface area contributed by atoms with E-state index in [1.807, 2.05) is 0 Å². The number of phosphoric acid groups is 1. The molecule has 0 radical (unpaired) electrons. The van der Waals surface area contributed by atoms with Gasteiger partial charge in [0, 0.05) is 19.3 Å². The number of hydrogen-bond acceptors (Lipinski definition) is 10. The van der Waals surface area contributed by atoms with E-state index in [1.54, 1.807) is 0 Å². The van der Waals surface area contributed by atoms with Crippen molar-refractivity contribution < 1.29 is 52.2 Å². The number of aliphatic hydroxyl groups excluding tert-OH is 1. The van der Waals surface area contributed by atoms with Crippen LogP contribution in [0, 0.1) is 0 Å². The Morgan fingerprint density at radius 3 is 0.987 bits per heavy atom. The lowest BCUT2D eigenvalue weighted by atomic mass is 10.1. The van der Waals surface area contributed by atoms with Crippen molar-refractivity contribution >= 4 is 25.7 Å². The molecule has 0 aliphatic heterocycles. The molecule has 0 rings (SSSR count). The number of rotatable bonds is 54. The zero-order valence-corrected chi connectivity index (χ0v) is 49.7. The number of unbranched alkanes of at least 4 members (excludes halogenated alkanes) is 15. The highest BCUT2D eigenvalue weighted by Crippen LogP contribution is 2.43. The predicted molar refractivity (Wildman–Crippen MR) is 325 cm³/mol. The fourth-order valence-corrected chi connectivity index (χ4v) is 8.37. The molecule has 11 nitrogen and oxygen atoms in total. The summed E-state index contributed by atoms with van der Waals surface area (Å²) in [5, 5.41) is 9.82. The van der Waals surface area contributed by atoms with Gasteiger partial charge in [0.2, 0.25) is 0 Å². The summed E-state index contributed by atoms with van der Waals surface area (Å²) in [6.45, 7) is 4.22. The van der Waals surface area contributed by atoms with Crippen LogP contribution in [-0.4, -0.2) is 66.5 Å². The second-order valence-electron chi connectivity index (χ2n) is 19.4. The van der Waals surface area contributed by atoms with Gasteiger partial charge in [-0.1, -0.05) is 212 Å². The molecule has 12 heteroatoms. The van der Waals surface area contributed by atoms with Crippen LogP contribution in [-0.2, 0) is 42.2 Å². The number of carbonyl (C=O) groups is 3. The largest absolute Gasteiger partial charge is 0.472 e. The van der Waals surface area contributed by atoms with E-state index in [2.05, 4.69) is 154 Å². The van der Waals surface area contributed by atoms with Crippen LogP contribution in [0.3, 0.4) is 0 Å². The van der Waals surface area contributed by atoms with Crippen molar-refractivity contribution in [3.05, 3.63) is 134 Å². The fraction of sp³-hybridized carbons (Fsp3) is 0.621. The van der Waals surface area contributed by atoms with Gasteiger partial charge in [-0.05, 0) is 128 Å². The van der Waals surface area contributed by atoms with Crippen LogP contribution in [0.25, 0.3) is 0 Å². The molecule has 0 aromatic carbocycles. The third kappa shape index (κ3) is 56.3. The number of allylic oxidation sites excluding steroid dienone is 22. The van der Waals surface area contributed by atoms with E-state index in [-0.39, 0.29) is 25.9 Å². The zero-order valence-electron chi connectivity index (χ0n) is 48.8. The molecule has 2 N–H and O–H groups in total. The summed E-state index contributed by atoms with van der Waals surface area (Å²) < 4.78 is 39.5. The van der Waals surface area contributed by atoms with Gasteiger partial charge in [-0.25, -0.2) is 4.57 Å². The number of esters is 3. The first kappa shape index (κ1) is 73.6. The second-order valence-corrected chi connectivity index (χ2v) is 20.8. The molecule has 0 aromatic heterocycles. The van der Waals surface area contributed by atoms with Crippen LogP contribution in [0.5, 0.6) is 0 Å². The summed E-state index contributed by atoms with van der Waals surface area (Å²) in [5.74, 6) is -1.55. The molecular formula is C66H107O11P. The van der Waals surface area contributed by atoms with Gasteiger partial charge in [-0.2, -0.15) is 0 Å². The van der Waals surface area contributed by atoms with E-state index in [0.29, 0.717) is 19.3 Å². The van der Waals surface area contributed by atoms with E-state index in [0.717, 1.165) is 154 Å². The lowest BCUT2D eigenvalue weighted by Gasteiger charge is -2.21. The Balaban J connectivity index is 4.82. The average molecular weight is 1110 g/mol. The summed E-state index contributed by atoms with van der Waals surface area (Å²) >= 11 is 0. The number of hydrogen-bond donors (Lipinski definition) is 2. The van der Waals surface area contributed by atoms with E-state index >= 15 is 0 Å². The molecule has 0 aliphatic rings. The van der Waals surface area contributed by atoms with Crippen LogP contribution in [0.15, 0.2) is 134 Å². The Bertz CT molecular complexity index is 1820. The summed E-state index contributed by atoms with van der Waals surface area (Å²) in [4.78, 5) is 48.7. The minimum absolute atomic E-state index is 0.116. The Hall–Kier alpha value is -4.38. The van der Waals surface area contributed by atoms with E-state index in [4.69, 9.17) is 23.3 Å². The van der Waals surface area contributed by atoms with E-state index < -0.39 is 57.8 Å². The quantitative estimate of drug-likeness (QED) is 0.0197. The van der Waals surface area contributed by atoms with Crippen molar-refractivity contribution in [1.82, 2.24) is 0 Å². The zero-order chi connectivity index (χ0) is 56.9. The number of phosphoric ester groups is 1. The topological polar surface area (TPSA) is 155 Å². The Kier molecular flexibility index (Phi) is 55.5. The number of ether oxygens (including phenoxy) is 3. The summed E-state index contributed by atoms with van der Waals surface area (Å²) in [7, 11) is -4.78. The van der Waals surface area contributed by atoms with Gasteiger partial charge in [0.25, 0.3) is 0 Å². The average Bonchev–Trinajstić information content (AvgIpc) is 3.43. The van der Waals surface area contributed by atoms with Gasteiger partial charge < -0.3 is 24.2 Å². The summed E-state index contributed by atoms with van der Waals surface area (Å²) in [5.41, 5.74) is 0. The lowest BCUT2D eigenvalue weighted by Crippen LogP contribution is -2.30. The Labute approximate surface area is 474 Å². The normalized spacial score (nSPS) is 14.3. The monoisotopic (exact) mass is 1110 g/mol. The van der Waals surface area contributed by atoms with Crippen LogP contribution < -0.4 is 0 Å². The lowest BCUT2D eigenvalue weighted by molar-refractivity contribution is -0.161. The highest BCUT2D eigenvalue weighted by Gasteiger charge is 2.28. The maximum absolute atomic E-state index is 12.9. The van der Waals surface area contributed by atoms with Crippen molar-refractivity contribution in [2.45, 2.75) is 238 Å². The standard InChI is InChI=1S/C66H107O11P/c1-4-7-10-13-16-19-22-25-28-30-31-33-36-39-42-45-48-51-54-57-66(70)77-63(59-73-64(68)55-52-49-46-43-40-37-35-32-29-26-23-20-17-14-11-8-5-2)61-75-78(71,72)74-60-62(58-67)76-65(69)56-53-50-47-44-41-38-34-27-24-21-18-15-12-9-6-3/h7-12,16-21,25-29,31,33-34,41,44,62-63,67H,4-6,13-15,22-24,30,32,35-40,42-43,45-61H2,1-3H3,(H,71,72)/b10-7-,11-8-,12-9-,19-16-,20-17-,21-18-,28-25-,29-26-,33-31-,34-27-,44-41-. The van der Waals surface area contributed by atoms with Crippen molar-refractivity contribution in [3.63, 3.8) is 0 Å². The highest BCUT2D eigenvalue weighted by atomic mass is 31.2. The van der Waals surface area contributed by atoms with Gasteiger partial charge in [-0.3, -0.25) is 23.4 Å². The smallest absolute Gasteiger partial charge is 0.462 e. The third-order valence-electron chi connectivity index (χ3n) is 12.1. The molecule has 0 saturated heterocycles. The molecular weight excluding hydrogens is 1000 g/mol. The molecule has 0 heterocycles. The number of aliphatic hydroxyl groups is 1. The third-order valence-corrected chi connectivity index (χ3v) is 13.0. The van der Waals surface area contributed by atoms with Crippen molar-refractivity contribution in [2.75, 3.05) is 26.4 Å². The molecule has 0 amide bonds. The van der Waals surface area contributed by atoms with E-state index in [1.165, 1.54) is 12.8 Å². The van der Waals surface area contributed by atoms with Crippen LogP contribution in [0.1, 0.15) is 226 Å². The fourth-order valence-electron chi connectivity index (χ4n) is 7.59. The van der Waals surface area contributed by atoms with E-state index in [9.17, 15) is 28.9 Å². The van der Waals surface area contributed by atoms with Crippen LogP contribution in [0.2, 0.25) is 0 Å². The second kappa shape index (κ2) is 58.8. The van der Waals surface area contributed by atoms with Gasteiger partial charge in [-0.15, -0.1) is 0 Å². The maximum atomic E-state index is 12.9. The maximum Gasteiger partial charge on any atom is 0.472 e. The van der Waals surface area contributed by atoms with Crippen LogP contribution >= 0.6 is 7.82 Å². The van der Waals surface area contributed by atoms with Gasteiger partial charge in [0.15, 0.2) is 6.10 Å². The summed E-state index contributed by atoms with van der Waals surface area (Å²) in [6.07, 6.45) is 74.0. The van der Waals surface area contributed by atoms with Gasteiger partial charge >= 0.3 is 25.7 Å². The minimum Gasteiger partial charge on any atom is -0.462 e. The van der Waals surface area contributed by atoms with Crippen molar-refractivity contribution in [3.8, 4) is 0 Å². The number of carbonyl (C=O) groups excluding carboxylic acids is 3. The first-order chi connectivity index (χ1) is 38.2. The Morgan fingerprint density at radius 1 is 0.359 bits per heavy atom. The summed E-state index contributed by atoms with van der Waals surface area (Å²) in [6, 6.07) is 0. The molecule has 0 aromatic rings. The predicted octanol–water partition coefficient (Wildman–Crippen LogP) is 18.1. The molecule has 0 fully saturated rings. The SMILES string of the molecule is CC/C=C\C/C=C\C/C=C\C/C=C\CCCCCCCCC(=O)OC(COC(=O)CCCCCCCCC/C=C\C/C=C\C/C=C\CC)COP(=O)(O)OCC(CO)OC(=O)CCCC/C=C\C/C=C\C/C=C\C/C=C\CC. The molecule has 0 spiro atoms. The van der Waals surface area contributed by atoms with Crippen molar-refractivity contribution in [2.24, 2.45) is 0 Å². The molecule has 0 aliphatic carbocycles. The first-order valence-corrected chi connectivity index (χ1v) is 31.6. The highest BCUT2D eigenvalue weighted by molar-refractivity contribution is 7.47. The molecule has 3 unspecified atom stereocenters. The van der Waals surface area contributed by atoms with Crippen molar-refractivity contribution in [1.29, 1.82) is 0 Å². The first-order valence-electron chi connectivity index (χ1n) is 30.1. The minimum atomic E-state index is -4.78. The Morgan fingerprint density at radius 2 is 0.628 bits per heavy atom. The molecule has 0 saturated carbocycles. The van der Waals surface area contributed by atoms with Gasteiger partial charge in [0.1, 0.15) is 12.7 Å². The van der Waals surface area contributed by atoms with Gasteiger partial charge in [0.05, 0.1) is 19.8 Å². The molecule has 0 bridgehead atoms. The molecule has 78 heavy (non-hydrogen) atoms. The molecule has 442 valence electrons.